The van der Waals surface area contributed by atoms with Crippen molar-refractivity contribution in [1.82, 2.24) is 4.31 Å². The summed E-state index contributed by atoms with van der Waals surface area (Å²) < 4.78 is 32.6. The second kappa shape index (κ2) is 9.00. The number of anilines is 1. The Kier molecular flexibility index (Phi) is 6.41. The predicted octanol–water partition coefficient (Wildman–Crippen LogP) is 2.32. The van der Waals surface area contributed by atoms with E-state index in [9.17, 15) is 18.5 Å². The number of nitro benzene ring substituents is 1. The van der Waals surface area contributed by atoms with Crippen LogP contribution in [0.4, 0.5) is 11.4 Å². The molecule has 0 spiro atoms. The van der Waals surface area contributed by atoms with Crippen molar-refractivity contribution in [2.24, 2.45) is 5.10 Å². The van der Waals surface area contributed by atoms with Gasteiger partial charge >= 0.3 is 0 Å². The molecule has 0 amide bonds. The highest BCUT2D eigenvalue weighted by Gasteiger charge is 2.30. The van der Waals surface area contributed by atoms with E-state index in [2.05, 4.69) is 10.5 Å². The van der Waals surface area contributed by atoms with Crippen molar-refractivity contribution >= 4 is 27.1 Å². The smallest absolute Gasteiger partial charge is 0.270 e. The minimum absolute atomic E-state index is 0.125. The monoisotopic (exact) mass is 429 g/mol. The van der Waals surface area contributed by atoms with Gasteiger partial charge in [-0.2, -0.15) is 14.7 Å². The van der Waals surface area contributed by atoms with E-state index in [1.807, 2.05) is 6.07 Å². The highest BCUT2D eigenvalue weighted by Crippen LogP contribution is 2.29. The van der Waals surface area contributed by atoms with Crippen LogP contribution >= 0.6 is 0 Å². The second-order valence-electron chi connectivity index (χ2n) is 6.45. The Balaban J connectivity index is 1.95. The van der Waals surface area contributed by atoms with E-state index in [-0.39, 0.29) is 42.6 Å². The van der Waals surface area contributed by atoms with Crippen LogP contribution in [0.25, 0.3) is 0 Å². The van der Waals surface area contributed by atoms with Gasteiger partial charge in [0.2, 0.25) is 10.0 Å². The topological polar surface area (TPSA) is 138 Å². The van der Waals surface area contributed by atoms with E-state index in [1.165, 1.54) is 16.4 Å². The van der Waals surface area contributed by atoms with Crippen molar-refractivity contribution in [3.63, 3.8) is 0 Å². The maximum Gasteiger partial charge on any atom is 0.270 e. The minimum Gasteiger partial charge on any atom is -0.379 e. The van der Waals surface area contributed by atoms with Crippen molar-refractivity contribution in [1.29, 1.82) is 5.26 Å². The number of nitrogens with zero attached hydrogens (tertiary/aromatic N) is 4. The molecule has 0 aromatic heterocycles. The van der Waals surface area contributed by atoms with Crippen LogP contribution in [0.2, 0.25) is 0 Å². The van der Waals surface area contributed by atoms with Crippen LogP contribution in [0, 0.1) is 21.4 Å². The van der Waals surface area contributed by atoms with Crippen LogP contribution in [0.15, 0.2) is 52.5 Å². The van der Waals surface area contributed by atoms with Crippen LogP contribution < -0.4 is 5.43 Å². The zero-order chi connectivity index (χ0) is 21.7. The lowest BCUT2D eigenvalue weighted by Gasteiger charge is -2.26. The Hall–Kier alpha value is -3.33. The van der Waals surface area contributed by atoms with E-state index in [0.29, 0.717) is 11.3 Å². The van der Waals surface area contributed by atoms with Gasteiger partial charge in [-0.05, 0) is 30.7 Å². The average molecular weight is 429 g/mol. The normalized spacial score (nSPS) is 15.4. The van der Waals surface area contributed by atoms with Crippen LogP contribution in [-0.4, -0.2) is 49.7 Å². The van der Waals surface area contributed by atoms with Gasteiger partial charge in [-0.1, -0.05) is 12.1 Å². The number of rotatable bonds is 6. The third-order valence-corrected chi connectivity index (χ3v) is 6.48. The molecule has 30 heavy (non-hydrogen) atoms. The summed E-state index contributed by atoms with van der Waals surface area (Å²) in [4.78, 5) is 10.3. The fourth-order valence-electron chi connectivity index (χ4n) is 2.85. The highest BCUT2D eigenvalue weighted by atomic mass is 32.2. The second-order valence-corrected chi connectivity index (χ2v) is 8.36. The molecule has 1 aliphatic rings. The standard InChI is InChI=1S/C19H19N5O5S/c1-14(16-4-2-15(13-20)3-5-16)21-22-18-7-6-17(24(25)26)12-19(18)30(27,28)23-8-10-29-11-9-23/h2-7,12,22H,8-11H2,1H3. The molecule has 2 aromatic rings. The molecule has 0 saturated carbocycles. The predicted molar refractivity (Wildman–Crippen MR) is 110 cm³/mol. The van der Waals surface area contributed by atoms with Crippen molar-refractivity contribution in [3.05, 3.63) is 63.7 Å². The molecular weight excluding hydrogens is 410 g/mol. The fourth-order valence-corrected chi connectivity index (χ4v) is 4.42. The third-order valence-electron chi connectivity index (χ3n) is 4.54. The van der Waals surface area contributed by atoms with Crippen LogP contribution in [0.3, 0.4) is 0 Å². The zero-order valence-corrected chi connectivity index (χ0v) is 16.9. The first kappa shape index (κ1) is 21.4. The Morgan fingerprint density at radius 2 is 1.90 bits per heavy atom. The molecule has 0 radical (unpaired) electrons. The van der Waals surface area contributed by atoms with Gasteiger partial charge in [0.25, 0.3) is 5.69 Å². The lowest BCUT2D eigenvalue weighted by Crippen LogP contribution is -2.40. The number of nitro groups is 1. The summed E-state index contributed by atoms with van der Waals surface area (Å²) in [5, 5.41) is 24.3. The van der Waals surface area contributed by atoms with E-state index < -0.39 is 14.9 Å². The molecule has 1 fully saturated rings. The number of morpholine rings is 1. The third kappa shape index (κ3) is 4.62. The van der Waals surface area contributed by atoms with Crippen molar-refractivity contribution < 1.29 is 18.1 Å². The molecule has 1 heterocycles. The Morgan fingerprint density at radius 1 is 1.23 bits per heavy atom. The Labute approximate surface area is 173 Å². The maximum absolute atomic E-state index is 13.1. The molecule has 0 atom stereocenters. The average Bonchev–Trinajstić information content (AvgIpc) is 2.77. The van der Waals surface area contributed by atoms with Gasteiger partial charge in [0, 0.05) is 25.2 Å². The van der Waals surface area contributed by atoms with Gasteiger partial charge in [0.15, 0.2) is 0 Å². The summed E-state index contributed by atoms with van der Waals surface area (Å²) in [6, 6.07) is 12.3. The first-order valence-electron chi connectivity index (χ1n) is 9.00. The number of benzene rings is 2. The van der Waals surface area contributed by atoms with Crippen LogP contribution in [0.1, 0.15) is 18.1 Å². The summed E-state index contributed by atoms with van der Waals surface area (Å²) >= 11 is 0. The van der Waals surface area contributed by atoms with E-state index >= 15 is 0 Å². The number of hydrogen-bond donors (Lipinski definition) is 1. The Bertz CT molecular complexity index is 1120. The minimum atomic E-state index is -3.99. The number of ether oxygens (including phenoxy) is 1. The largest absolute Gasteiger partial charge is 0.379 e. The van der Waals surface area contributed by atoms with E-state index in [0.717, 1.165) is 11.6 Å². The van der Waals surface area contributed by atoms with Gasteiger partial charge in [-0.25, -0.2) is 8.42 Å². The van der Waals surface area contributed by atoms with E-state index in [4.69, 9.17) is 10.00 Å². The number of hydrazone groups is 1. The van der Waals surface area contributed by atoms with Crippen LogP contribution in [0.5, 0.6) is 0 Å². The molecule has 1 aliphatic heterocycles. The molecular formula is C19H19N5O5S. The summed E-state index contributed by atoms with van der Waals surface area (Å²) in [6.45, 7) is 2.56. The summed E-state index contributed by atoms with van der Waals surface area (Å²) in [5.74, 6) is 0. The van der Waals surface area contributed by atoms with Gasteiger partial charge in [-0.15, -0.1) is 0 Å². The molecule has 0 bridgehead atoms. The number of hydrogen-bond acceptors (Lipinski definition) is 8. The highest BCUT2D eigenvalue weighted by molar-refractivity contribution is 7.89. The molecule has 1 saturated heterocycles. The van der Waals surface area contributed by atoms with Crippen molar-refractivity contribution in [3.8, 4) is 6.07 Å². The van der Waals surface area contributed by atoms with Crippen molar-refractivity contribution in [2.75, 3.05) is 31.7 Å². The molecule has 0 unspecified atom stereocenters. The first-order valence-corrected chi connectivity index (χ1v) is 10.4. The lowest BCUT2D eigenvalue weighted by atomic mass is 10.1. The van der Waals surface area contributed by atoms with Gasteiger partial charge in [0.05, 0.1) is 41.2 Å². The van der Waals surface area contributed by atoms with Gasteiger partial charge in [0.1, 0.15) is 4.90 Å². The number of nitrogens with one attached hydrogen (secondary N) is 1. The zero-order valence-electron chi connectivity index (χ0n) is 16.1. The number of sulfonamides is 1. The molecule has 3 rings (SSSR count). The van der Waals surface area contributed by atoms with Crippen LogP contribution in [-0.2, 0) is 14.8 Å². The Morgan fingerprint density at radius 3 is 2.50 bits per heavy atom. The molecule has 156 valence electrons. The van der Waals surface area contributed by atoms with Crippen molar-refractivity contribution in [2.45, 2.75) is 11.8 Å². The summed E-state index contributed by atoms with van der Waals surface area (Å²) in [7, 11) is -3.99. The molecule has 1 N–H and O–H groups in total. The molecule has 11 heteroatoms. The fraction of sp³-hybridized carbons (Fsp3) is 0.263. The lowest BCUT2D eigenvalue weighted by molar-refractivity contribution is -0.385. The first-order chi connectivity index (χ1) is 14.3. The number of nitriles is 1. The maximum atomic E-state index is 13.1. The van der Waals surface area contributed by atoms with Gasteiger partial charge < -0.3 is 4.74 Å². The molecule has 10 nitrogen and oxygen atoms in total. The quantitative estimate of drug-likeness (QED) is 0.422. The molecule has 0 aliphatic carbocycles. The summed E-state index contributed by atoms with van der Waals surface area (Å²) in [5.41, 5.74) is 4.30. The number of non-ortho nitro benzene ring substituents is 1. The summed E-state index contributed by atoms with van der Waals surface area (Å²) in [6.07, 6.45) is 0. The van der Waals surface area contributed by atoms with E-state index in [1.54, 1.807) is 31.2 Å². The SMILES string of the molecule is CC(=NNc1ccc([N+](=O)[O-])cc1S(=O)(=O)N1CCOCC1)c1ccc(C#N)cc1. The molecule has 2 aromatic carbocycles. The van der Waals surface area contributed by atoms with Gasteiger partial charge in [-0.3, -0.25) is 15.5 Å².